The summed E-state index contributed by atoms with van der Waals surface area (Å²) < 4.78 is 10.6. The number of anilines is 1. The quantitative estimate of drug-likeness (QED) is 0.758. The average Bonchev–Trinajstić information content (AvgIpc) is 2.36. The summed E-state index contributed by atoms with van der Waals surface area (Å²) in [6, 6.07) is 0. The van der Waals surface area contributed by atoms with Crippen LogP contribution in [0.5, 0.6) is 0 Å². The third-order valence-corrected chi connectivity index (χ3v) is 2.56. The van der Waals surface area contributed by atoms with E-state index in [2.05, 4.69) is 16.5 Å². The van der Waals surface area contributed by atoms with Gasteiger partial charge in [0.05, 0.1) is 18.1 Å². The zero-order valence-electron chi connectivity index (χ0n) is 16.0. The minimum absolute atomic E-state index is 0.0361. The Kier molecular flexibility index (Phi) is 6.29. The van der Waals surface area contributed by atoms with Gasteiger partial charge >= 0.3 is 12.2 Å². The maximum Gasteiger partial charge on any atom is 0.425 e. The van der Waals surface area contributed by atoms with E-state index in [-0.39, 0.29) is 5.82 Å². The number of imide groups is 1. The van der Waals surface area contributed by atoms with Crippen molar-refractivity contribution < 1.29 is 19.1 Å². The van der Waals surface area contributed by atoms with Crippen LogP contribution in [-0.2, 0) is 15.9 Å². The fourth-order valence-corrected chi connectivity index (χ4v) is 1.74. The van der Waals surface area contributed by atoms with Crippen molar-refractivity contribution >= 4 is 18.0 Å². The topological polar surface area (TPSA) is 81.6 Å². The molecule has 1 aromatic rings. The van der Waals surface area contributed by atoms with Crippen molar-refractivity contribution in [3.63, 3.8) is 0 Å². The average molecular weight is 349 g/mol. The molecule has 1 aromatic heterocycles. The number of allylic oxidation sites excluding steroid dienone is 1. The minimum Gasteiger partial charge on any atom is -0.443 e. The van der Waals surface area contributed by atoms with Gasteiger partial charge in [-0.1, -0.05) is 12.2 Å². The normalized spacial score (nSPS) is 11.6. The van der Waals surface area contributed by atoms with Crippen LogP contribution in [0.1, 0.15) is 54.2 Å². The molecule has 0 unspecified atom stereocenters. The molecule has 7 nitrogen and oxygen atoms in total. The van der Waals surface area contributed by atoms with Gasteiger partial charge in [0.15, 0.2) is 5.82 Å². The fourth-order valence-electron chi connectivity index (χ4n) is 1.74. The molecule has 138 valence electrons. The Morgan fingerprint density at radius 1 is 1.00 bits per heavy atom. The van der Waals surface area contributed by atoms with E-state index < -0.39 is 23.4 Å². The van der Waals surface area contributed by atoms with E-state index in [1.807, 2.05) is 6.92 Å². The predicted octanol–water partition coefficient (Wildman–Crippen LogP) is 4.27. The van der Waals surface area contributed by atoms with E-state index in [4.69, 9.17) is 9.47 Å². The van der Waals surface area contributed by atoms with Crippen molar-refractivity contribution in [1.82, 2.24) is 9.97 Å². The van der Waals surface area contributed by atoms with Gasteiger partial charge in [-0.25, -0.2) is 14.6 Å². The molecule has 0 bridgehead atoms. The van der Waals surface area contributed by atoms with E-state index in [1.165, 1.54) is 12.4 Å². The van der Waals surface area contributed by atoms with Crippen molar-refractivity contribution in [3.8, 4) is 0 Å². The summed E-state index contributed by atoms with van der Waals surface area (Å²) in [5.41, 5.74) is 0.0674. The molecule has 0 radical (unpaired) electrons. The molecular formula is C18H27N3O4. The van der Waals surface area contributed by atoms with E-state index in [0.717, 1.165) is 10.5 Å². The first-order valence-corrected chi connectivity index (χ1v) is 8.00. The number of hydrogen-bond acceptors (Lipinski definition) is 6. The maximum absolute atomic E-state index is 12.5. The molecule has 7 heteroatoms. The number of aromatic nitrogens is 2. The lowest BCUT2D eigenvalue weighted by atomic mass is 10.2. The van der Waals surface area contributed by atoms with Crippen molar-refractivity contribution in [2.24, 2.45) is 0 Å². The van der Waals surface area contributed by atoms with Crippen LogP contribution in [0.3, 0.4) is 0 Å². The third-order valence-electron chi connectivity index (χ3n) is 2.56. The van der Waals surface area contributed by atoms with Crippen molar-refractivity contribution in [2.45, 2.75) is 66.1 Å². The molecule has 2 amide bonds. The third kappa shape index (κ3) is 7.32. The van der Waals surface area contributed by atoms with Gasteiger partial charge < -0.3 is 9.47 Å². The molecule has 1 heterocycles. The summed E-state index contributed by atoms with van der Waals surface area (Å²) >= 11 is 0. The lowest BCUT2D eigenvalue weighted by molar-refractivity contribution is 0.0429. The number of nitrogens with zero attached hydrogens (tertiary/aromatic N) is 3. The molecule has 0 spiro atoms. The molecule has 0 aliphatic heterocycles. The fraction of sp³-hybridized carbons (Fsp3) is 0.556. The molecule has 25 heavy (non-hydrogen) atoms. The maximum atomic E-state index is 12.5. The first-order chi connectivity index (χ1) is 11.3. The lowest BCUT2D eigenvalue weighted by Crippen LogP contribution is -2.44. The van der Waals surface area contributed by atoms with Crippen LogP contribution in [0.4, 0.5) is 15.4 Å². The molecule has 1 rings (SSSR count). The Morgan fingerprint density at radius 3 is 1.80 bits per heavy atom. The Hall–Kier alpha value is -2.44. The first kappa shape index (κ1) is 20.6. The number of amides is 2. The van der Waals surface area contributed by atoms with Crippen molar-refractivity contribution in [1.29, 1.82) is 0 Å². The van der Waals surface area contributed by atoms with Crippen LogP contribution in [0.25, 0.3) is 0 Å². The summed E-state index contributed by atoms with van der Waals surface area (Å²) in [6.45, 7) is 15.9. The summed E-state index contributed by atoms with van der Waals surface area (Å²) in [6.07, 6.45) is 1.65. The van der Waals surface area contributed by atoms with Gasteiger partial charge in [-0.2, -0.15) is 4.90 Å². The highest BCUT2D eigenvalue weighted by Gasteiger charge is 2.33. The van der Waals surface area contributed by atoms with E-state index in [0.29, 0.717) is 12.1 Å². The SMILES string of the molecule is C=C(C)Cc1cnc(N(C(=O)OC(C)(C)C)C(=O)OC(C)(C)C)cn1. The Labute approximate surface area is 149 Å². The summed E-state index contributed by atoms with van der Waals surface area (Å²) in [5.74, 6) is 0.0361. The van der Waals surface area contributed by atoms with Gasteiger partial charge in [0, 0.05) is 6.42 Å². The van der Waals surface area contributed by atoms with E-state index in [1.54, 1.807) is 41.5 Å². The van der Waals surface area contributed by atoms with E-state index in [9.17, 15) is 9.59 Å². The molecule has 0 N–H and O–H groups in total. The molecule has 0 fully saturated rings. The van der Waals surface area contributed by atoms with Gasteiger partial charge in [-0.15, -0.1) is 0 Å². The van der Waals surface area contributed by atoms with E-state index >= 15 is 0 Å². The second-order valence-electron chi connectivity index (χ2n) is 7.80. The number of rotatable bonds is 3. The van der Waals surface area contributed by atoms with Gasteiger partial charge in [-0.05, 0) is 48.5 Å². The Morgan fingerprint density at radius 2 is 1.48 bits per heavy atom. The highest BCUT2D eigenvalue weighted by atomic mass is 16.6. The number of carbonyl (C=O) groups excluding carboxylic acids is 2. The molecular weight excluding hydrogens is 322 g/mol. The van der Waals surface area contributed by atoms with Crippen molar-refractivity contribution in [2.75, 3.05) is 4.90 Å². The summed E-state index contributed by atoms with van der Waals surface area (Å²) in [7, 11) is 0. The van der Waals surface area contributed by atoms with Crippen LogP contribution in [0.15, 0.2) is 24.5 Å². The second-order valence-corrected chi connectivity index (χ2v) is 7.80. The van der Waals surface area contributed by atoms with Crippen LogP contribution in [-0.4, -0.2) is 33.4 Å². The van der Waals surface area contributed by atoms with Crippen LogP contribution in [0, 0.1) is 0 Å². The molecule has 0 saturated heterocycles. The monoisotopic (exact) mass is 349 g/mol. The highest BCUT2D eigenvalue weighted by molar-refractivity contribution is 6.08. The number of hydrogen-bond donors (Lipinski definition) is 0. The number of ether oxygens (including phenoxy) is 2. The minimum atomic E-state index is -0.872. The summed E-state index contributed by atoms with van der Waals surface area (Å²) in [5, 5.41) is 0. The smallest absolute Gasteiger partial charge is 0.425 e. The Bertz CT molecular complexity index is 612. The molecule has 0 aliphatic carbocycles. The number of carbonyl (C=O) groups is 2. The van der Waals surface area contributed by atoms with Crippen LogP contribution in [0.2, 0.25) is 0 Å². The predicted molar refractivity (Wildman–Crippen MR) is 95.5 cm³/mol. The molecule has 0 aromatic carbocycles. The second kappa shape index (κ2) is 7.63. The van der Waals surface area contributed by atoms with Crippen molar-refractivity contribution in [3.05, 3.63) is 30.2 Å². The first-order valence-electron chi connectivity index (χ1n) is 8.00. The van der Waals surface area contributed by atoms with Gasteiger partial charge in [0.25, 0.3) is 0 Å². The lowest BCUT2D eigenvalue weighted by Gasteiger charge is -2.27. The standard InChI is InChI=1S/C18H27N3O4/c1-12(2)9-13-10-20-14(11-19-13)21(15(22)24-17(3,4)5)16(23)25-18(6,7)8/h10-11H,1,9H2,2-8H3. The van der Waals surface area contributed by atoms with Gasteiger partial charge in [0.1, 0.15) is 11.2 Å². The van der Waals surface area contributed by atoms with Gasteiger partial charge in [-0.3, -0.25) is 4.98 Å². The highest BCUT2D eigenvalue weighted by Crippen LogP contribution is 2.19. The summed E-state index contributed by atoms with van der Waals surface area (Å²) in [4.78, 5) is 34.1. The largest absolute Gasteiger partial charge is 0.443 e. The van der Waals surface area contributed by atoms with Gasteiger partial charge in [0.2, 0.25) is 0 Å². The molecule has 0 saturated carbocycles. The van der Waals surface area contributed by atoms with Crippen LogP contribution < -0.4 is 4.90 Å². The van der Waals surface area contributed by atoms with Crippen LogP contribution >= 0.6 is 0 Å². The zero-order chi connectivity index (χ0) is 19.4. The Balaban J connectivity index is 3.15. The molecule has 0 aliphatic rings. The molecule has 0 atom stereocenters. The zero-order valence-corrected chi connectivity index (χ0v) is 16.0.